The summed E-state index contributed by atoms with van der Waals surface area (Å²) in [5, 5.41) is 16.7. The summed E-state index contributed by atoms with van der Waals surface area (Å²) < 4.78 is 4.59. The summed E-state index contributed by atoms with van der Waals surface area (Å²) >= 11 is 0. The number of carboxylic acids is 2. The lowest BCUT2D eigenvalue weighted by molar-refractivity contribution is -0.147. The van der Waals surface area contributed by atoms with Crippen LogP contribution in [0, 0.1) is 0 Å². The maximum absolute atomic E-state index is 10.8. The zero-order chi connectivity index (χ0) is 11.8. The van der Waals surface area contributed by atoms with Gasteiger partial charge in [0.25, 0.3) is 0 Å². The number of rotatable bonds is 7. The average molecular weight is 216 g/mol. The third-order valence-corrected chi connectivity index (χ3v) is 1.51. The van der Waals surface area contributed by atoms with Crippen LogP contribution in [0.4, 0.5) is 0 Å². The Labute approximate surface area is 86.2 Å². The van der Waals surface area contributed by atoms with Gasteiger partial charge in [-0.25, -0.2) is 4.79 Å². The molecular formula is C9H12O6. The molecule has 0 aliphatic rings. The lowest BCUT2D eigenvalue weighted by atomic mass is 10.2. The van der Waals surface area contributed by atoms with E-state index in [1.165, 1.54) is 0 Å². The van der Waals surface area contributed by atoms with Gasteiger partial charge in [0.2, 0.25) is 0 Å². The van der Waals surface area contributed by atoms with Gasteiger partial charge in [0, 0.05) is 12.0 Å². The van der Waals surface area contributed by atoms with Crippen molar-refractivity contribution < 1.29 is 29.3 Å². The van der Waals surface area contributed by atoms with E-state index in [4.69, 9.17) is 10.2 Å². The lowest BCUT2D eigenvalue weighted by Gasteiger charge is -2.03. The van der Waals surface area contributed by atoms with Crippen LogP contribution >= 0.6 is 0 Å². The van der Waals surface area contributed by atoms with E-state index in [0.29, 0.717) is 0 Å². The molecule has 0 rings (SSSR count). The van der Waals surface area contributed by atoms with Crippen molar-refractivity contribution >= 4 is 17.9 Å². The van der Waals surface area contributed by atoms with E-state index in [-0.39, 0.29) is 31.4 Å². The standard InChI is InChI=1S/C9H12O6/c1-6(9(13)14)4-5-15-8(12)3-2-7(10)11/h1-5H2,(H,10,11)(H,13,14). The number of hydrogen-bond acceptors (Lipinski definition) is 4. The zero-order valence-corrected chi connectivity index (χ0v) is 8.06. The van der Waals surface area contributed by atoms with Crippen LogP contribution in [0.5, 0.6) is 0 Å². The first-order chi connectivity index (χ1) is 6.93. The van der Waals surface area contributed by atoms with Crippen LogP contribution in [0.15, 0.2) is 12.2 Å². The number of carboxylic acid groups (broad SMARTS) is 2. The highest BCUT2D eigenvalue weighted by molar-refractivity contribution is 5.85. The van der Waals surface area contributed by atoms with Gasteiger partial charge < -0.3 is 14.9 Å². The second kappa shape index (κ2) is 6.58. The van der Waals surface area contributed by atoms with Gasteiger partial charge in [-0.15, -0.1) is 0 Å². The Balaban J connectivity index is 3.59. The van der Waals surface area contributed by atoms with E-state index in [9.17, 15) is 14.4 Å². The number of carbonyl (C=O) groups is 3. The van der Waals surface area contributed by atoms with E-state index in [1.54, 1.807) is 0 Å². The minimum absolute atomic E-state index is 0.0359. The Bertz CT molecular complexity index is 280. The predicted octanol–water partition coefficient (Wildman–Crippen LogP) is 0.425. The van der Waals surface area contributed by atoms with Gasteiger partial charge in [0.1, 0.15) is 0 Å². The third kappa shape index (κ3) is 7.24. The summed E-state index contributed by atoms with van der Waals surface area (Å²) in [5.41, 5.74) is -0.0546. The zero-order valence-electron chi connectivity index (χ0n) is 8.06. The number of aliphatic carboxylic acids is 2. The van der Waals surface area contributed by atoms with Crippen LogP contribution in [-0.2, 0) is 19.1 Å². The maximum atomic E-state index is 10.8. The van der Waals surface area contributed by atoms with Crippen molar-refractivity contribution in [1.82, 2.24) is 0 Å². The SMILES string of the molecule is C=C(CCOC(=O)CCC(=O)O)C(=O)O. The fraction of sp³-hybridized carbons (Fsp3) is 0.444. The Morgan fingerprint density at radius 1 is 1.07 bits per heavy atom. The van der Waals surface area contributed by atoms with Crippen LogP contribution in [-0.4, -0.2) is 34.7 Å². The second-order valence-electron chi connectivity index (χ2n) is 2.77. The van der Waals surface area contributed by atoms with Crippen LogP contribution in [0.25, 0.3) is 0 Å². The van der Waals surface area contributed by atoms with Gasteiger partial charge in [-0.05, 0) is 0 Å². The molecule has 84 valence electrons. The van der Waals surface area contributed by atoms with Crippen molar-refractivity contribution in [1.29, 1.82) is 0 Å². The highest BCUT2D eigenvalue weighted by Crippen LogP contribution is 2.00. The molecule has 15 heavy (non-hydrogen) atoms. The van der Waals surface area contributed by atoms with Crippen molar-refractivity contribution in [2.45, 2.75) is 19.3 Å². The molecule has 6 nitrogen and oxygen atoms in total. The van der Waals surface area contributed by atoms with Gasteiger partial charge >= 0.3 is 17.9 Å². The van der Waals surface area contributed by atoms with E-state index in [0.717, 1.165) is 0 Å². The fourth-order valence-electron chi connectivity index (χ4n) is 0.676. The molecule has 0 atom stereocenters. The molecule has 6 heteroatoms. The van der Waals surface area contributed by atoms with Gasteiger partial charge in [0.05, 0.1) is 19.4 Å². The average Bonchev–Trinajstić information content (AvgIpc) is 2.14. The molecule has 0 radical (unpaired) electrons. The molecule has 0 fully saturated rings. The van der Waals surface area contributed by atoms with Crippen LogP contribution in [0.2, 0.25) is 0 Å². The third-order valence-electron chi connectivity index (χ3n) is 1.51. The second-order valence-corrected chi connectivity index (χ2v) is 2.77. The van der Waals surface area contributed by atoms with Gasteiger partial charge in [-0.3, -0.25) is 9.59 Å². The quantitative estimate of drug-likeness (QED) is 0.472. The number of hydrogen-bond donors (Lipinski definition) is 2. The summed E-state index contributed by atoms with van der Waals surface area (Å²) in [6, 6.07) is 0. The summed E-state index contributed by atoms with van der Waals surface area (Å²) in [7, 11) is 0. The number of carbonyl (C=O) groups excluding carboxylic acids is 1. The largest absolute Gasteiger partial charge is 0.481 e. The molecule has 0 aromatic heterocycles. The minimum atomic E-state index is -1.14. The monoisotopic (exact) mass is 216 g/mol. The molecule has 0 saturated heterocycles. The highest BCUT2D eigenvalue weighted by Gasteiger charge is 2.08. The Hall–Kier alpha value is -1.85. The summed E-state index contributed by atoms with van der Waals surface area (Å²) in [6.07, 6.45) is -0.470. The minimum Gasteiger partial charge on any atom is -0.481 e. The highest BCUT2D eigenvalue weighted by atomic mass is 16.5. The van der Waals surface area contributed by atoms with Crippen LogP contribution < -0.4 is 0 Å². The molecule has 2 N–H and O–H groups in total. The Kier molecular flexibility index (Phi) is 5.77. The van der Waals surface area contributed by atoms with Gasteiger partial charge in [-0.1, -0.05) is 6.58 Å². The molecule has 0 heterocycles. The summed E-state index contributed by atoms with van der Waals surface area (Å²) in [4.78, 5) is 31.2. The first-order valence-electron chi connectivity index (χ1n) is 4.22. The fourth-order valence-corrected chi connectivity index (χ4v) is 0.676. The van der Waals surface area contributed by atoms with Crippen LogP contribution in [0.1, 0.15) is 19.3 Å². The van der Waals surface area contributed by atoms with Crippen molar-refractivity contribution in [2.24, 2.45) is 0 Å². The van der Waals surface area contributed by atoms with E-state index < -0.39 is 17.9 Å². The Morgan fingerprint density at radius 2 is 1.67 bits per heavy atom. The van der Waals surface area contributed by atoms with Crippen molar-refractivity contribution in [2.75, 3.05) is 6.61 Å². The molecule has 0 spiro atoms. The molecule has 0 saturated carbocycles. The van der Waals surface area contributed by atoms with Crippen molar-refractivity contribution in [3.05, 3.63) is 12.2 Å². The molecule has 0 unspecified atom stereocenters. The summed E-state index contributed by atoms with van der Waals surface area (Å²) in [5.74, 6) is -2.88. The molecular weight excluding hydrogens is 204 g/mol. The van der Waals surface area contributed by atoms with Crippen LogP contribution in [0.3, 0.4) is 0 Å². The topological polar surface area (TPSA) is 101 Å². The first-order valence-corrected chi connectivity index (χ1v) is 4.22. The molecule has 0 aliphatic carbocycles. The number of esters is 1. The molecule has 0 aromatic rings. The first kappa shape index (κ1) is 13.2. The van der Waals surface area contributed by atoms with Gasteiger partial charge in [-0.2, -0.15) is 0 Å². The maximum Gasteiger partial charge on any atom is 0.331 e. The van der Waals surface area contributed by atoms with Crippen molar-refractivity contribution in [3.8, 4) is 0 Å². The molecule has 0 aromatic carbocycles. The lowest BCUT2D eigenvalue weighted by Crippen LogP contribution is -2.10. The van der Waals surface area contributed by atoms with E-state index in [1.807, 2.05) is 0 Å². The van der Waals surface area contributed by atoms with E-state index >= 15 is 0 Å². The van der Waals surface area contributed by atoms with E-state index in [2.05, 4.69) is 11.3 Å². The molecule has 0 amide bonds. The summed E-state index contributed by atoms with van der Waals surface area (Å²) in [6.45, 7) is 3.15. The smallest absolute Gasteiger partial charge is 0.331 e. The van der Waals surface area contributed by atoms with Crippen molar-refractivity contribution in [3.63, 3.8) is 0 Å². The molecule has 0 bridgehead atoms. The predicted molar refractivity (Wildman–Crippen MR) is 49.2 cm³/mol. The molecule has 0 aliphatic heterocycles. The Morgan fingerprint density at radius 3 is 2.13 bits per heavy atom. The normalized spacial score (nSPS) is 9.33. The van der Waals surface area contributed by atoms with Gasteiger partial charge in [0.15, 0.2) is 0 Å². The number of ether oxygens (including phenoxy) is 1.